The lowest BCUT2D eigenvalue weighted by Crippen LogP contribution is -2.41. The zero-order valence-electron chi connectivity index (χ0n) is 19.1. The number of carbonyl (C=O) groups excluding carboxylic acids is 1. The monoisotopic (exact) mass is 464 g/mol. The molecule has 0 spiro atoms. The third-order valence-corrected chi connectivity index (χ3v) is 5.45. The average molecular weight is 464 g/mol. The Labute approximate surface area is 194 Å². The van der Waals surface area contributed by atoms with Crippen molar-refractivity contribution in [2.75, 3.05) is 27.9 Å². The number of benzene rings is 2. The van der Waals surface area contributed by atoms with E-state index >= 15 is 0 Å². The van der Waals surface area contributed by atoms with Crippen LogP contribution in [0.3, 0.4) is 0 Å². The molecular formula is C24H24N4O6. The van der Waals surface area contributed by atoms with Crippen LogP contribution in [0, 0.1) is 0 Å². The Hall–Kier alpha value is -4.18. The molecule has 0 saturated heterocycles. The molecule has 0 amide bonds. The molecule has 0 atom stereocenters. The number of ether oxygens (including phenoxy) is 3. The van der Waals surface area contributed by atoms with E-state index in [0.29, 0.717) is 17.0 Å². The van der Waals surface area contributed by atoms with Crippen molar-refractivity contribution in [1.29, 1.82) is 0 Å². The van der Waals surface area contributed by atoms with Crippen LogP contribution in [0.5, 0.6) is 5.75 Å². The lowest BCUT2D eigenvalue weighted by atomic mass is 10.1. The lowest BCUT2D eigenvalue weighted by Gasteiger charge is -2.15. The summed E-state index contributed by atoms with van der Waals surface area (Å²) in [4.78, 5) is 43.2. The van der Waals surface area contributed by atoms with Crippen LogP contribution in [0.15, 0.2) is 64.4 Å². The van der Waals surface area contributed by atoms with E-state index in [2.05, 4.69) is 4.98 Å². The van der Waals surface area contributed by atoms with Gasteiger partial charge < -0.3 is 18.8 Å². The number of hydrogen-bond donors (Lipinski definition) is 0. The fourth-order valence-corrected chi connectivity index (χ4v) is 3.82. The van der Waals surface area contributed by atoms with Crippen LogP contribution in [0.25, 0.3) is 16.9 Å². The molecule has 0 N–H and O–H groups in total. The topological polar surface area (TPSA) is 107 Å². The number of nitrogens with zero attached hydrogens (tertiary/aromatic N) is 4. The standard InChI is InChI=1S/C24H24N4O6/c1-32-12-11-27-22(29)20-21(28(24(27)31)18-9-4-5-10-19(18)33-2)25-15-26(20)14-16-7-6-8-17(13-16)23(30)34-3/h4-10,13,15H,11-12,14H2,1-3H3. The van der Waals surface area contributed by atoms with Gasteiger partial charge in [-0.15, -0.1) is 0 Å². The van der Waals surface area contributed by atoms with Crippen molar-refractivity contribution < 1.29 is 19.0 Å². The van der Waals surface area contributed by atoms with Crippen LogP contribution in [0.1, 0.15) is 15.9 Å². The molecule has 2 heterocycles. The summed E-state index contributed by atoms with van der Waals surface area (Å²) in [5, 5.41) is 0. The Bertz CT molecular complexity index is 1470. The number of methoxy groups -OCH3 is 3. The van der Waals surface area contributed by atoms with Crippen LogP contribution < -0.4 is 16.0 Å². The summed E-state index contributed by atoms with van der Waals surface area (Å²) in [7, 11) is 4.33. The maximum Gasteiger partial charge on any atom is 0.337 e. The van der Waals surface area contributed by atoms with E-state index in [0.717, 1.165) is 10.1 Å². The molecule has 4 aromatic rings. The van der Waals surface area contributed by atoms with Gasteiger partial charge in [0.15, 0.2) is 11.2 Å². The SMILES string of the molecule is COCCn1c(=O)c2c(ncn2Cc2cccc(C(=O)OC)c2)n(-c2ccccc2OC)c1=O. The van der Waals surface area contributed by atoms with Crippen LogP contribution >= 0.6 is 0 Å². The van der Waals surface area contributed by atoms with Gasteiger partial charge in [0.25, 0.3) is 5.56 Å². The number of fused-ring (bicyclic) bond motifs is 1. The van der Waals surface area contributed by atoms with Crippen molar-refractivity contribution in [3.8, 4) is 11.4 Å². The van der Waals surface area contributed by atoms with Crippen molar-refractivity contribution in [3.63, 3.8) is 0 Å². The van der Waals surface area contributed by atoms with E-state index in [-0.39, 0.29) is 30.9 Å². The Kier molecular flexibility index (Phi) is 6.60. The molecule has 0 aliphatic rings. The molecule has 0 bridgehead atoms. The molecule has 0 unspecified atom stereocenters. The van der Waals surface area contributed by atoms with E-state index in [1.165, 1.54) is 32.2 Å². The van der Waals surface area contributed by atoms with Gasteiger partial charge in [-0.3, -0.25) is 9.36 Å². The quantitative estimate of drug-likeness (QED) is 0.366. The Morgan fingerprint density at radius 2 is 1.82 bits per heavy atom. The highest BCUT2D eigenvalue weighted by molar-refractivity contribution is 5.89. The molecule has 0 aliphatic heterocycles. The predicted octanol–water partition coefficient (Wildman–Crippen LogP) is 1.84. The molecule has 0 aliphatic carbocycles. The minimum absolute atomic E-state index is 0.0717. The van der Waals surface area contributed by atoms with Crippen LogP contribution in [-0.4, -0.2) is 52.6 Å². The third-order valence-electron chi connectivity index (χ3n) is 5.45. The third kappa shape index (κ3) is 4.11. The summed E-state index contributed by atoms with van der Waals surface area (Å²) < 4.78 is 19.5. The predicted molar refractivity (Wildman–Crippen MR) is 125 cm³/mol. The lowest BCUT2D eigenvalue weighted by molar-refractivity contribution is 0.0600. The molecule has 34 heavy (non-hydrogen) atoms. The molecule has 10 heteroatoms. The van der Waals surface area contributed by atoms with Crippen molar-refractivity contribution in [2.24, 2.45) is 0 Å². The highest BCUT2D eigenvalue weighted by atomic mass is 16.5. The van der Waals surface area contributed by atoms with Crippen molar-refractivity contribution >= 4 is 17.1 Å². The van der Waals surface area contributed by atoms with Gasteiger partial charge in [-0.05, 0) is 29.8 Å². The maximum absolute atomic E-state index is 13.4. The number of carbonyl (C=O) groups is 1. The second-order valence-electron chi connectivity index (χ2n) is 7.48. The summed E-state index contributed by atoms with van der Waals surface area (Å²) in [5.74, 6) is 0.00689. The average Bonchev–Trinajstić information content (AvgIpc) is 3.27. The normalized spacial score (nSPS) is 11.0. The molecule has 0 fully saturated rings. The number of imidazole rings is 1. The Morgan fingerprint density at radius 3 is 2.56 bits per heavy atom. The van der Waals surface area contributed by atoms with Crippen molar-refractivity contribution in [3.05, 3.63) is 86.8 Å². The minimum Gasteiger partial charge on any atom is -0.495 e. The summed E-state index contributed by atoms with van der Waals surface area (Å²) in [6.45, 7) is 0.509. The van der Waals surface area contributed by atoms with Crippen LogP contribution in [0.2, 0.25) is 0 Å². The van der Waals surface area contributed by atoms with Gasteiger partial charge in [-0.1, -0.05) is 24.3 Å². The molecule has 0 radical (unpaired) electrons. The maximum atomic E-state index is 13.4. The summed E-state index contributed by atoms with van der Waals surface area (Å²) >= 11 is 0. The Morgan fingerprint density at radius 1 is 1.03 bits per heavy atom. The largest absolute Gasteiger partial charge is 0.495 e. The van der Waals surface area contributed by atoms with Gasteiger partial charge in [0, 0.05) is 13.7 Å². The molecule has 10 nitrogen and oxygen atoms in total. The van der Waals surface area contributed by atoms with Crippen LogP contribution in [-0.2, 0) is 22.6 Å². The van der Waals surface area contributed by atoms with E-state index in [1.807, 2.05) is 6.07 Å². The van der Waals surface area contributed by atoms with Gasteiger partial charge in [0.2, 0.25) is 0 Å². The van der Waals surface area contributed by atoms with Gasteiger partial charge in [-0.2, -0.15) is 0 Å². The van der Waals surface area contributed by atoms with Crippen LogP contribution in [0.4, 0.5) is 0 Å². The van der Waals surface area contributed by atoms with Gasteiger partial charge in [0.05, 0.1) is 44.9 Å². The van der Waals surface area contributed by atoms with Gasteiger partial charge in [-0.25, -0.2) is 19.1 Å². The fourth-order valence-electron chi connectivity index (χ4n) is 3.82. The fraction of sp³-hybridized carbons (Fsp3) is 0.250. The zero-order chi connectivity index (χ0) is 24.2. The van der Waals surface area contributed by atoms with E-state index < -0.39 is 17.2 Å². The van der Waals surface area contributed by atoms with E-state index in [4.69, 9.17) is 14.2 Å². The van der Waals surface area contributed by atoms with Crippen molar-refractivity contribution in [2.45, 2.75) is 13.1 Å². The van der Waals surface area contributed by atoms with Gasteiger partial charge in [0.1, 0.15) is 5.75 Å². The highest BCUT2D eigenvalue weighted by Crippen LogP contribution is 2.23. The molecule has 2 aromatic carbocycles. The molecule has 176 valence electrons. The summed E-state index contributed by atoms with van der Waals surface area (Å²) in [5.41, 5.74) is 1.04. The highest BCUT2D eigenvalue weighted by Gasteiger charge is 2.21. The first kappa shape index (κ1) is 23.0. The van der Waals surface area contributed by atoms with E-state index in [1.54, 1.807) is 47.0 Å². The molecular weight excluding hydrogens is 440 g/mol. The van der Waals surface area contributed by atoms with Gasteiger partial charge >= 0.3 is 11.7 Å². The minimum atomic E-state index is -0.544. The number of hydrogen-bond acceptors (Lipinski definition) is 7. The molecule has 2 aromatic heterocycles. The van der Waals surface area contributed by atoms with Crippen molar-refractivity contribution in [1.82, 2.24) is 18.7 Å². The first-order chi connectivity index (χ1) is 16.5. The summed E-state index contributed by atoms with van der Waals surface area (Å²) in [6.07, 6.45) is 1.50. The number of rotatable bonds is 8. The molecule has 4 rings (SSSR count). The Balaban J connectivity index is 1.94. The zero-order valence-corrected chi connectivity index (χ0v) is 19.1. The second-order valence-corrected chi connectivity index (χ2v) is 7.48. The first-order valence-corrected chi connectivity index (χ1v) is 10.5. The molecule has 0 saturated carbocycles. The number of aromatic nitrogens is 4. The number of para-hydroxylation sites is 2. The van der Waals surface area contributed by atoms with E-state index in [9.17, 15) is 14.4 Å². The smallest absolute Gasteiger partial charge is 0.337 e. The number of esters is 1. The first-order valence-electron chi connectivity index (χ1n) is 10.5. The second kappa shape index (κ2) is 9.75. The summed E-state index contributed by atoms with van der Waals surface area (Å²) in [6, 6.07) is 13.9.